The second-order valence-corrected chi connectivity index (χ2v) is 4.57. The normalized spacial score (nSPS) is 15.7. The number of guanidine groups is 1. The molecular formula is C10H22IN3S. The van der Waals surface area contributed by atoms with E-state index >= 15 is 0 Å². The van der Waals surface area contributed by atoms with Crippen molar-refractivity contribution in [2.45, 2.75) is 19.8 Å². The van der Waals surface area contributed by atoms with Gasteiger partial charge in [-0.3, -0.25) is 4.99 Å². The lowest BCUT2D eigenvalue weighted by molar-refractivity contribution is 0.799. The van der Waals surface area contributed by atoms with Crippen molar-refractivity contribution >= 4 is 41.7 Å². The molecule has 3 nitrogen and oxygen atoms in total. The Balaban J connectivity index is 0.00000196. The van der Waals surface area contributed by atoms with Crippen LogP contribution >= 0.6 is 35.7 Å². The Morgan fingerprint density at radius 3 is 2.67 bits per heavy atom. The fourth-order valence-electron chi connectivity index (χ4n) is 1.13. The zero-order chi connectivity index (χ0) is 10.2. The average molecular weight is 343 g/mol. The highest BCUT2D eigenvalue weighted by molar-refractivity contribution is 14.0. The third kappa shape index (κ3) is 8.19. The molecule has 1 fully saturated rings. The number of hydrogen-bond acceptors (Lipinski definition) is 2. The summed E-state index contributed by atoms with van der Waals surface area (Å²) in [6.45, 7) is 5.03. The second-order valence-electron chi connectivity index (χ2n) is 3.58. The van der Waals surface area contributed by atoms with Crippen LogP contribution in [0.3, 0.4) is 0 Å². The minimum absolute atomic E-state index is 0. The Bertz CT molecular complexity index is 184. The zero-order valence-corrected chi connectivity index (χ0v) is 12.7. The Labute approximate surface area is 114 Å². The van der Waals surface area contributed by atoms with Gasteiger partial charge in [0.1, 0.15) is 0 Å². The molecule has 0 unspecified atom stereocenters. The van der Waals surface area contributed by atoms with Crippen LogP contribution in [0.1, 0.15) is 19.8 Å². The topological polar surface area (TPSA) is 36.4 Å². The minimum Gasteiger partial charge on any atom is -0.357 e. The predicted octanol–water partition coefficient (Wildman–Crippen LogP) is 1.93. The van der Waals surface area contributed by atoms with Gasteiger partial charge in [0.05, 0.1) is 0 Å². The van der Waals surface area contributed by atoms with E-state index in [9.17, 15) is 0 Å². The molecule has 5 heteroatoms. The number of thioether (sulfide) groups is 1. The van der Waals surface area contributed by atoms with Crippen molar-refractivity contribution < 1.29 is 0 Å². The largest absolute Gasteiger partial charge is 0.357 e. The van der Waals surface area contributed by atoms with E-state index in [1.165, 1.54) is 12.8 Å². The van der Waals surface area contributed by atoms with E-state index in [4.69, 9.17) is 0 Å². The lowest BCUT2D eigenvalue weighted by atomic mass is 10.4. The van der Waals surface area contributed by atoms with Gasteiger partial charge in [0, 0.05) is 25.4 Å². The van der Waals surface area contributed by atoms with Crippen LogP contribution in [0.25, 0.3) is 0 Å². The molecule has 0 amide bonds. The van der Waals surface area contributed by atoms with Gasteiger partial charge in [-0.2, -0.15) is 11.8 Å². The van der Waals surface area contributed by atoms with Crippen molar-refractivity contribution in [1.29, 1.82) is 0 Å². The van der Waals surface area contributed by atoms with Gasteiger partial charge in [-0.1, -0.05) is 0 Å². The minimum atomic E-state index is 0. The summed E-state index contributed by atoms with van der Waals surface area (Å²) in [5.41, 5.74) is 0. The SMILES string of the molecule is CCNC(=NCC1CC1)NCCSC.I. The van der Waals surface area contributed by atoms with Gasteiger partial charge >= 0.3 is 0 Å². The van der Waals surface area contributed by atoms with Gasteiger partial charge < -0.3 is 10.6 Å². The fourth-order valence-corrected chi connectivity index (χ4v) is 1.44. The highest BCUT2D eigenvalue weighted by Gasteiger charge is 2.20. The molecule has 0 aromatic carbocycles. The first kappa shape index (κ1) is 15.3. The Morgan fingerprint density at radius 2 is 2.13 bits per heavy atom. The van der Waals surface area contributed by atoms with Crippen LogP contribution in [0, 0.1) is 5.92 Å². The molecular weight excluding hydrogens is 321 g/mol. The van der Waals surface area contributed by atoms with Crippen molar-refractivity contribution in [3.05, 3.63) is 0 Å². The molecule has 15 heavy (non-hydrogen) atoms. The second kappa shape index (κ2) is 9.57. The Kier molecular flexibility index (Phi) is 9.79. The number of aliphatic imine (C=N–C) groups is 1. The predicted molar refractivity (Wildman–Crippen MR) is 80.5 cm³/mol. The van der Waals surface area contributed by atoms with Gasteiger partial charge in [-0.15, -0.1) is 24.0 Å². The summed E-state index contributed by atoms with van der Waals surface area (Å²) in [5.74, 6) is 2.98. The number of nitrogens with zero attached hydrogens (tertiary/aromatic N) is 1. The molecule has 1 aliphatic rings. The first-order chi connectivity index (χ1) is 6.86. The highest BCUT2D eigenvalue weighted by atomic mass is 127. The zero-order valence-electron chi connectivity index (χ0n) is 9.58. The molecule has 0 heterocycles. The molecule has 0 aromatic heterocycles. The van der Waals surface area contributed by atoms with Gasteiger partial charge in [0.25, 0.3) is 0 Å². The highest BCUT2D eigenvalue weighted by Crippen LogP contribution is 2.28. The van der Waals surface area contributed by atoms with Crippen LogP contribution in [0.2, 0.25) is 0 Å². The summed E-state index contributed by atoms with van der Waals surface area (Å²) in [7, 11) is 0. The molecule has 90 valence electrons. The number of nitrogens with one attached hydrogen (secondary N) is 2. The van der Waals surface area contributed by atoms with E-state index in [1.807, 2.05) is 11.8 Å². The summed E-state index contributed by atoms with van der Waals surface area (Å²) in [4.78, 5) is 4.53. The van der Waals surface area contributed by atoms with Crippen molar-refractivity contribution in [3.63, 3.8) is 0 Å². The maximum atomic E-state index is 4.53. The maximum absolute atomic E-state index is 4.53. The molecule has 0 saturated heterocycles. The first-order valence-corrected chi connectivity index (χ1v) is 6.77. The number of hydrogen-bond donors (Lipinski definition) is 2. The van der Waals surface area contributed by atoms with E-state index < -0.39 is 0 Å². The van der Waals surface area contributed by atoms with Crippen molar-refractivity contribution in [1.82, 2.24) is 10.6 Å². The number of rotatable bonds is 6. The molecule has 0 radical (unpaired) electrons. The summed E-state index contributed by atoms with van der Waals surface area (Å²) in [6.07, 6.45) is 4.86. The quantitative estimate of drug-likeness (QED) is 0.335. The van der Waals surface area contributed by atoms with Crippen molar-refractivity contribution in [3.8, 4) is 0 Å². The maximum Gasteiger partial charge on any atom is 0.191 e. The van der Waals surface area contributed by atoms with Crippen LogP contribution in [0.15, 0.2) is 4.99 Å². The summed E-state index contributed by atoms with van der Waals surface area (Å²) in [6, 6.07) is 0. The van der Waals surface area contributed by atoms with E-state index in [-0.39, 0.29) is 24.0 Å². The van der Waals surface area contributed by atoms with Gasteiger partial charge in [0.15, 0.2) is 5.96 Å². The van der Waals surface area contributed by atoms with Crippen molar-refractivity contribution in [2.75, 3.05) is 31.6 Å². The summed E-state index contributed by atoms with van der Waals surface area (Å²) >= 11 is 1.85. The van der Waals surface area contributed by atoms with E-state index in [2.05, 4.69) is 28.8 Å². The molecule has 1 rings (SSSR count). The lowest BCUT2D eigenvalue weighted by Crippen LogP contribution is -2.38. The van der Waals surface area contributed by atoms with Crippen LogP contribution in [0.4, 0.5) is 0 Å². The monoisotopic (exact) mass is 343 g/mol. The lowest BCUT2D eigenvalue weighted by Gasteiger charge is -2.10. The summed E-state index contributed by atoms with van der Waals surface area (Å²) in [5, 5.41) is 6.58. The van der Waals surface area contributed by atoms with Crippen LogP contribution < -0.4 is 10.6 Å². The third-order valence-corrected chi connectivity index (χ3v) is 2.76. The average Bonchev–Trinajstić information content (AvgIpc) is 2.98. The van der Waals surface area contributed by atoms with Gasteiger partial charge in [-0.25, -0.2) is 0 Å². The van der Waals surface area contributed by atoms with Crippen LogP contribution in [-0.4, -0.2) is 37.6 Å². The standard InChI is InChI=1S/C10H21N3S.HI/c1-3-11-10(12-6-7-14-2)13-8-9-4-5-9;/h9H,3-8H2,1-2H3,(H2,11,12,13);1H. The van der Waals surface area contributed by atoms with E-state index in [0.29, 0.717) is 0 Å². The van der Waals surface area contributed by atoms with E-state index in [1.54, 1.807) is 0 Å². The first-order valence-electron chi connectivity index (χ1n) is 5.38. The van der Waals surface area contributed by atoms with E-state index in [0.717, 1.165) is 37.3 Å². The summed E-state index contributed by atoms with van der Waals surface area (Å²) < 4.78 is 0. The number of halogens is 1. The molecule has 2 N–H and O–H groups in total. The molecule has 0 spiro atoms. The van der Waals surface area contributed by atoms with Crippen molar-refractivity contribution in [2.24, 2.45) is 10.9 Å². The molecule has 0 atom stereocenters. The Hall–Kier alpha value is 0.350. The van der Waals surface area contributed by atoms with Gasteiger partial charge in [-0.05, 0) is 31.9 Å². The molecule has 1 saturated carbocycles. The molecule has 0 bridgehead atoms. The van der Waals surface area contributed by atoms with Crippen LogP contribution in [-0.2, 0) is 0 Å². The smallest absolute Gasteiger partial charge is 0.191 e. The Morgan fingerprint density at radius 1 is 1.40 bits per heavy atom. The fraction of sp³-hybridized carbons (Fsp3) is 0.900. The van der Waals surface area contributed by atoms with Gasteiger partial charge in [0.2, 0.25) is 0 Å². The molecule has 0 aliphatic heterocycles. The molecule has 0 aromatic rings. The van der Waals surface area contributed by atoms with Crippen LogP contribution in [0.5, 0.6) is 0 Å². The molecule has 1 aliphatic carbocycles. The third-order valence-electron chi connectivity index (χ3n) is 2.15.